The Balaban J connectivity index is 0.000000171. The number of fused-ring (bicyclic) bond motifs is 2. The van der Waals surface area contributed by atoms with E-state index >= 15 is 0 Å². The van der Waals surface area contributed by atoms with Crippen LogP contribution >= 0.6 is 17.0 Å². The van der Waals surface area contributed by atoms with Crippen LogP contribution in [0, 0.1) is 0 Å². The van der Waals surface area contributed by atoms with Crippen LogP contribution < -0.4 is 0 Å². The van der Waals surface area contributed by atoms with Crippen LogP contribution in [0.4, 0.5) is 0 Å². The summed E-state index contributed by atoms with van der Waals surface area (Å²) in [6.45, 7) is 8.77. The second-order valence-electron chi connectivity index (χ2n) is 7.75. The van der Waals surface area contributed by atoms with Gasteiger partial charge in [0.05, 0.1) is 0 Å². The summed E-state index contributed by atoms with van der Waals surface area (Å²) in [5.41, 5.74) is 2.72. The van der Waals surface area contributed by atoms with Crippen molar-refractivity contribution in [2.24, 2.45) is 0 Å². The van der Waals surface area contributed by atoms with E-state index in [0.29, 0.717) is 0 Å². The fourth-order valence-electron chi connectivity index (χ4n) is 3.30. The van der Waals surface area contributed by atoms with Gasteiger partial charge in [0.25, 0.3) is 0 Å². The molecule has 4 aromatic rings. The summed E-state index contributed by atoms with van der Waals surface area (Å²) < 4.78 is 0. The van der Waals surface area contributed by atoms with Crippen LogP contribution in [0.25, 0.3) is 21.5 Å². The van der Waals surface area contributed by atoms with E-state index in [4.69, 9.17) is 17.0 Å². The van der Waals surface area contributed by atoms with E-state index in [1.54, 1.807) is 0 Å². The third-order valence-electron chi connectivity index (χ3n) is 4.81. The first-order valence-electron chi connectivity index (χ1n) is 10.7. The Labute approximate surface area is 197 Å². The average molecular weight is 535 g/mol. The molecule has 4 aromatic carbocycles. The Morgan fingerprint density at radius 2 is 1.10 bits per heavy atom. The molecule has 0 fully saturated rings. The molecule has 0 amide bonds. The van der Waals surface area contributed by atoms with Gasteiger partial charge in [0.1, 0.15) is 0 Å². The van der Waals surface area contributed by atoms with Crippen LogP contribution in [0.3, 0.4) is 0 Å². The van der Waals surface area contributed by atoms with Gasteiger partial charge in [0.2, 0.25) is 0 Å². The first-order chi connectivity index (χ1) is 14.4. The van der Waals surface area contributed by atoms with Crippen molar-refractivity contribution in [3.05, 3.63) is 83.9 Å². The van der Waals surface area contributed by atoms with Gasteiger partial charge in [0, 0.05) is 0 Å². The molecule has 0 unspecified atom stereocenters. The zero-order valence-corrected chi connectivity index (χ0v) is 23.5. The Morgan fingerprint density at radius 1 is 0.733 bits per heavy atom. The van der Waals surface area contributed by atoms with Crippen molar-refractivity contribution in [1.82, 2.24) is 0 Å². The molecule has 0 N–H and O–H groups in total. The summed E-state index contributed by atoms with van der Waals surface area (Å²) in [4.78, 5) is 0. The van der Waals surface area contributed by atoms with Gasteiger partial charge < -0.3 is 0 Å². The van der Waals surface area contributed by atoms with Crippen LogP contribution in [0.5, 0.6) is 0 Å². The number of aryl methyl sites for hydroxylation is 2. The summed E-state index contributed by atoms with van der Waals surface area (Å²) in [7, 11) is 11.2. The molecular weight excluding hydrogens is 503 g/mol. The maximum absolute atomic E-state index is 5.62. The fourth-order valence-corrected chi connectivity index (χ4v) is 3.30. The molecular formula is C26H32Cl2SiZr-2. The summed E-state index contributed by atoms with van der Waals surface area (Å²) in [5, 5.41) is 5.50. The van der Waals surface area contributed by atoms with Crippen molar-refractivity contribution in [2.75, 3.05) is 0 Å². The SMILES string of the molecule is CCCc1cc2ccccc2[cH-]1.CCCc1cc2ccccc2[cH-]1.C[Si](C)=[Zr]([Cl])[Cl]. The molecule has 0 saturated carbocycles. The summed E-state index contributed by atoms with van der Waals surface area (Å²) in [6.07, 6.45) is 4.87. The van der Waals surface area contributed by atoms with Gasteiger partial charge in [-0.15, -0.1) is 81.2 Å². The minimum atomic E-state index is -1.65. The summed E-state index contributed by atoms with van der Waals surface area (Å²) in [5.74, 6) is 0. The molecule has 0 radical (unpaired) electrons. The normalized spacial score (nSPS) is 10.2. The average Bonchev–Trinajstić information content (AvgIpc) is 3.32. The molecule has 4 heteroatoms. The number of rotatable bonds is 4. The van der Waals surface area contributed by atoms with Crippen molar-refractivity contribution in [1.29, 1.82) is 0 Å². The molecule has 30 heavy (non-hydrogen) atoms. The van der Waals surface area contributed by atoms with Crippen molar-refractivity contribution in [3.63, 3.8) is 0 Å². The molecule has 0 bridgehead atoms. The van der Waals surface area contributed by atoms with Crippen molar-refractivity contribution >= 4 is 44.0 Å². The Hall–Kier alpha value is -0.660. The van der Waals surface area contributed by atoms with Crippen LogP contribution in [0.2, 0.25) is 13.1 Å². The van der Waals surface area contributed by atoms with E-state index < -0.39 is 18.0 Å². The number of hydrogen-bond acceptors (Lipinski definition) is 0. The van der Waals surface area contributed by atoms with Crippen LogP contribution in [0.15, 0.2) is 72.8 Å². The van der Waals surface area contributed by atoms with Gasteiger partial charge in [-0.3, -0.25) is 0 Å². The van der Waals surface area contributed by atoms with Crippen LogP contribution in [0.1, 0.15) is 37.8 Å². The molecule has 0 aromatic heterocycles. The van der Waals surface area contributed by atoms with Gasteiger partial charge in [-0.05, 0) is 12.8 Å². The number of hydrogen-bond donors (Lipinski definition) is 0. The van der Waals surface area contributed by atoms with Gasteiger partial charge >= 0.3 is 53.5 Å². The van der Waals surface area contributed by atoms with E-state index in [1.165, 1.54) is 58.4 Å². The fraction of sp³-hybridized carbons (Fsp3) is 0.308. The van der Waals surface area contributed by atoms with Gasteiger partial charge in [-0.2, -0.15) is 12.1 Å². The first kappa shape index (κ1) is 25.6. The van der Waals surface area contributed by atoms with Gasteiger partial charge in [-0.1, -0.05) is 38.8 Å². The van der Waals surface area contributed by atoms with Gasteiger partial charge in [0.15, 0.2) is 0 Å². The van der Waals surface area contributed by atoms with Gasteiger partial charge in [-0.25, -0.2) is 0 Å². The molecule has 0 nitrogen and oxygen atoms in total. The summed E-state index contributed by atoms with van der Waals surface area (Å²) >= 11 is -1.65. The second-order valence-corrected chi connectivity index (χ2v) is 30.7. The quantitative estimate of drug-likeness (QED) is 0.181. The summed E-state index contributed by atoms with van der Waals surface area (Å²) in [6, 6.07) is 26.2. The molecule has 0 aliphatic carbocycles. The van der Waals surface area contributed by atoms with E-state index in [-0.39, 0.29) is 5.43 Å². The predicted octanol–water partition coefficient (Wildman–Crippen LogP) is 9.19. The van der Waals surface area contributed by atoms with E-state index in [9.17, 15) is 0 Å². The monoisotopic (exact) mass is 532 g/mol. The Kier molecular flexibility index (Phi) is 11.7. The third kappa shape index (κ3) is 8.46. The standard InChI is InChI=1S/2C12H13.C2H6Si.2ClH.Zr/c2*1-2-5-10-8-11-6-3-4-7-12(11)9-10;1-3-2;;;/h2*3-4,6-9H,2,5H2,1H3;1-2H3;2*1H;/q2*-1;;;;+2/p-2. The number of benzene rings is 2. The molecule has 0 aliphatic heterocycles. The molecule has 0 saturated heterocycles. The zero-order chi connectivity index (χ0) is 21.9. The van der Waals surface area contributed by atoms with E-state index in [0.717, 1.165) is 0 Å². The second kappa shape index (κ2) is 13.7. The van der Waals surface area contributed by atoms with Crippen molar-refractivity contribution in [3.8, 4) is 0 Å². The molecule has 0 spiro atoms. The molecule has 0 atom stereocenters. The topological polar surface area (TPSA) is 0 Å². The number of halogens is 2. The first-order valence-corrected chi connectivity index (χ1v) is 23.2. The molecule has 0 heterocycles. The molecule has 4 rings (SSSR count). The van der Waals surface area contributed by atoms with Crippen molar-refractivity contribution < 1.29 is 18.0 Å². The Morgan fingerprint density at radius 3 is 1.40 bits per heavy atom. The minimum absolute atomic E-state index is 0.224. The van der Waals surface area contributed by atoms with Crippen LogP contribution in [-0.2, 0) is 30.8 Å². The zero-order valence-electron chi connectivity index (χ0n) is 18.5. The van der Waals surface area contributed by atoms with E-state index in [2.05, 4.69) is 99.7 Å². The van der Waals surface area contributed by atoms with Crippen molar-refractivity contribution in [2.45, 2.75) is 52.6 Å². The molecule has 160 valence electrons. The Bertz CT molecular complexity index is 915. The van der Waals surface area contributed by atoms with E-state index in [1.807, 2.05) is 0 Å². The predicted molar refractivity (Wildman–Crippen MR) is 136 cm³/mol. The third-order valence-corrected chi connectivity index (χ3v) is 24.6. The molecule has 0 aliphatic rings. The van der Waals surface area contributed by atoms with Crippen LogP contribution in [-0.4, -0.2) is 5.43 Å². The maximum atomic E-state index is 5.62.